The van der Waals surface area contributed by atoms with Gasteiger partial charge in [0.05, 0.1) is 16.0 Å². The van der Waals surface area contributed by atoms with Gasteiger partial charge in [0, 0.05) is 6.04 Å². The number of carbonyl (C=O) groups excluding carboxylic acids is 1. The molecule has 0 fully saturated rings. The van der Waals surface area contributed by atoms with E-state index in [1.807, 2.05) is 47.9 Å². The monoisotopic (exact) mass is 495 g/mol. The van der Waals surface area contributed by atoms with Crippen molar-refractivity contribution in [2.24, 2.45) is 0 Å². The first kappa shape index (κ1) is 24.2. The molecule has 0 bridgehead atoms. The van der Waals surface area contributed by atoms with E-state index in [9.17, 15) is 4.79 Å². The minimum absolute atomic E-state index is 0.120. The summed E-state index contributed by atoms with van der Waals surface area (Å²) in [7, 11) is 0. The topological polar surface area (TPSA) is 81.9 Å². The lowest BCUT2D eigenvalue weighted by Gasteiger charge is -2.19. The number of hydrogen-bond acceptors (Lipinski definition) is 7. The molecule has 0 aliphatic heterocycles. The maximum Gasteiger partial charge on any atom is 0.236 e. The number of thioether (sulfide) groups is 1. The van der Waals surface area contributed by atoms with Crippen LogP contribution in [0, 0.1) is 0 Å². The summed E-state index contributed by atoms with van der Waals surface area (Å²) < 4.78 is 9.23. The highest BCUT2D eigenvalue weighted by atomic mass is 32.2. The predicted molar refractivity (Wildman–Crippen MR) is 139 cm³/mol. The van der Waals surface area contributed by atoms with Crippen LogP contribution in [0.25, 0.3) is 10.2 Å². The number of carbonyl (C=O) groups is 1. The van der Waals surface area contributed by atoms with Crippen molar-refractivity contribution in [3.8, 4) is 5.75 Å². The van der Waals surface area contributed by atoms with Crippen molar-refractivity contribution >= 4 is 44.4 Å². The number of nitrogens with zero attached hydrogens (tertiary/aromatic N) is 4. The highest BCUT2D eigenvalue weighted by Crippen LogP contribution is 2.29. The first-order valence-corrected chi connectivity index (χ1v) is 13.1. The van der Waals surface area contributed by atoms with E-state index in [1.165, 1.54) is 28.7 Å². The molecular formula is C25H29N5O2S2. The van der Waals surface area contributed by atoms with Crippen molar-refractivity contribution in [1.82, 2.24) is 19.7 Å². The van der Waals surface area contributed by atoms with Crippen LogP contribution in [0.5, 0.6) is 5.75 Å². The third-order valence-corrected chi connectivity index (χ3v) is 7.20. The van der Waals surface area contributed by atoms with E-state index < -0.39 is 0 Å². The number of nitrogens with one attached hydrogen (secondary N) is 1. The lowest BCUT2D eigenvalue weighted by Crippen LogP contribution is -2.16. The Balaban J connectivity index is 1.41. The largest absolute Gasteiger partial charge is 0.483 e. The standard InChI is InChI=1S/C25H29N5O2S2/c1-15(2)18-10-12-19(13-11-18)32-17(5)23-28-29-25(30(23)16(3)4)33-14-22(31)27-24-26-20-8-6-7-9-21(20)34-24/h6-13,15-17H,14H2,1-5H3,(H,26,27,31). The second-order valence-electron chi connectivity index (χ2n) is 8.61. The second-order valence-corrected chi connectivity index (χ2v) is 10.6. The van der Waals surface area contributed by atoms with E-state index in [2.05, 4.69) is 60.3 Å². The normalized spacial score (nSPS) is 12.4. The zero-order chi connectivity index (χ0) is 24.2. The maximum absolute atomic E-state index is 12.6. The van der Waals surface area contributed by atoms with Crippen LogP contribution in [0.1, 0.15) is 64.1 Å². The minimum atomic E-state index is -0.286. The Hall–Kier alpha value is -2.91. The van der Waals surface area contributed by atoms with Gasteiger partial charge in [0.25, 0.3) is 0 Å². The van der Waals surface area contributed by atoms with Crippen LogP contribution in [0.15, 0.2) is 53.7 Å². The first-order chi connectivity index (χ1) is 16.3. The van der Waals surface area contributed by atoms with Crippen molar-refractivity contribution in [2.45, 2.75) is 57.8 Å². The van der Waals surface area contributed by atoms with Gasteiger partial charge in [-0.1, -0.05) is 61.2 Å². The molecule has 0 aliphatic rings. The lowest BCUT2D eigenvalue weighted by atomic mass is 10.0. The average molecular weight is 496 g/mol. The number of amides is 1. The summed E-state index contributed by atoms with van der Waals surface area (Å²) in [5, 5.41) is 12.9. The number of anilines is 1. The fourth-order valence-electron chi connectivity index (χ4n) is 3.55. The Bertz CT molecular complexity index is 1230. The van der Waals surface area contributed by atoms with Gasteiger partial charge in [0.15, 0.2) is 22.2 Å². The van der Waals surface area contributed by atoms with Gasteiger partial charge in [-0.15, -0.1) is 10.2 Å². The second kappa shape index (κ2) is 10.6. The summed E-state index contributed by atoms with van der Waals surface area (Å²) >= 11 is 2.82. The molecule has 1 unspecified atom stereocenters. The Morgan fingerprint density at radius 1 is 1.06 bits per heavy atom. The Morgan fingerprint density at radius 3 is 2.47 bits per heavy atom. The van der Waals surface area contributed by atoms with E-state index in [0.717, 1.165) is 21.8 Å². The van der Waals surface area contributed by atoms with Crippen molar-refractivity contribution < 1.29 is 9.53 Å². The summed E-state index contributed by atoms with van der Waals surface area (Å²) in [6, 6.07) is 16.1. The minimum Gasteiger partial charge on any atom is -0.483 e. The van der Waals surface area contributed by atoms with Crippen LogP contribution in [-0.2, 0) is 4.79 Å². The van der Waals surface area contributed by atoms with Gasteiger partial charge < -0.3 is 14.6 Å². The van der Waals surface area contributed by atoms with Gasteiger partial charge >= 0.3 is 0 Å². The highest BCUT2D eigenvalue weighted by Gasteiger charge is 2.22. The molecule has 0 saturated heterocycles. The van der Waals surface area contributed by atoms with Crippen LogP contribution in [-0.4, -0.2) is 31.4 Å². The molecule has 2 aromatic heterocycles. The van der Waals surface area contributed by atoms with Crippen molar-refractivity contribution in [3.63, 3.8) is 0 Å². The van der Waals surface area contributed by atoms with Crippen LogP contribution in [0.2, 0.25) is 0 Å². The van der Waals surface area contributed by atoms with Crippen molar-refractivity contribution in [2.75, 3.05) is 11.1 Å². The lowest BCUT2D eigenvalue weighted by molar-refractivity contribution is -0.113. The van der Waals surface area contributed by atoms with Gasteiger partial charge in [0.2, 0.25) is 5.91 Å². The number of thiazole rings is 1. The molecule has 2 aromatic carbocycles. The zero-order valence-electron chi connectivity index (χ0n) is 20.0. The fourth-order valence-corrected chi connectivity index (χ4v) is 5.30. The molecule has 0 spiro atoms. The van der Waals surface area contributed by atoms with E-state index in [0.29, 0.717) is 16.2 Å². The Kier molecular flexibility index (Phi) is 7.53. The van der Waals surface area contributed by atoms with Crippen LogP contribution in [0.3, 0.4) is 0 Å². The number of rotatable bonds is 9. The van der Waals surface area contributed by atoms with Gasteiger partial charge in [-0.25, -0.2) is 4.98 Å². The van der Waals surface area contributed by atoms with Gasteiger partial charge in [-0.05, 0) is 56.5 Å². The summed E-state index contributed by atoms with van der Waals surface area (Å²) in [5.41, 5.74) is 2.15. The quantitative estimate of drug-likeness (QED) is 0.268. The third kappa shape index (κ3) is 5.59. The van der Waals surface area contributed by atoms with Crippen molar-refractivity contribution in [1.29, 1.82) is 0 Å². The van der Waals surface area contributed by atoms with Crippen molar-refractivity contribution in [3.05, 3.63) is 59.9 Å². The summed E-state index contributed by atoms with van der Waals surface area (Å²) in [6.07, 6.45) is -0.286. The molecule has 9 heteroatoms. The van der Waals surface area contributed by atoms with Crippen LogP contribution in [0.4, 0.5) is 5.13 Å². The van der Waals surface area contributed by atoms with Gasteiger partial charge in [-0.2, -0.15) is 0 Å². The fraction of sp³-hybridized carbons (Fsp3) is 0.360. The molecule has 7 nitrogen and oxygen atoms in total. The van der Waals surface area contributed by atoms with Crippen LogP contribution < -0.4 is 10.1 Å². The number of aromatic nitrogens is 4. The number of para-hydroxylation sites is 1. The summed E-state index contributed by atoms with van der Waals surface area (Å²) in [5.74, 6) is 2.09. The molecule has 1 atom stereocenters. The average Bonchev–Trinajstić information content (AvgIpc) is 3.41. The summed E-state index contributed by atoms with van der Waals surface area (Å²) in [4.78, 5) is 17.0. The van der Waals surface area contributed by atoms with E-state index >= 15 is 0 Å². The van der Waals surface area contributed by atoms with E-state index in [4.69, 9.17) is 4.74 Å². The zero-order valence-corrected chi connectivity index (χ0v) is 21.6. The molecule has 4 aromatic rings. The Morgan fingerprint density at radius 2 is 1.79 bits per heavy atom. The van der Waals surface area contributed by atoms with Gasteiger partial charge in [0.1, 0.15) is 5.75 Å². The maximum atomic E-state index is 12.6. The molecule has 0 aliphatic carbocycles. The number of fused-ring (bicyclic) bond motifs is 1. The van der Waals surface area contributed by atoms with E-state index in [-0.39, 0.29) is 23.8 Å². The molecule has 1 N–H and O–H groups in total. The molecule has 0 radical (unpaired) electrons. The number of benzene rings is 2. The molecule has 178 valence electrons. The Labute approximate surface area is 208 Å². The third-order valence-electron chi connectivity index (χ3n) is 5.30. The molecule has 4 rings (SSSR count). The molecule has 1 amide bonds. The predicted octanol–water partition coefficient (Wildman–Crippen LogP) is 6.46. The number of hydrogen-bond donors (Lipinski definition) is 1. The van der Waals surface area contributed by atoms with Crippen LogP contribution >= 0.6 is 23.1 Å². The number of ether oxygens (including phenoxy) is 1. The molecule has 2 heterocycles. The molecule has 0 saturated carbocycles. The summed E-state index contributed by atoms with van der Waals surface area (Å²) in [6.45, 7) is 10.4. The first-order valence-electron chi connectivity index (χ1n) is 11.3. The van der Waals surface area contributed by atoms with Gasteiger partial charge in [-0.3, -0.25) is 4.79 Å². The van der Waals surface area contributed by atoms with E-state index in [1.54, 1.807) is 0 Å². The highest BCUT2D eigenvalue weighted by molar-refractivity contribution is 7.99. The SMILES string of the molecule is CC(C)c1ccc(OC(C)c2nnc(SCC(=O)Nc3nc4ccccc4s3)n2C(C)C)cc1. The smallest absolute Gasteiger partial charge is 0.236 e. The molecular weight excluding hydrogens is 466 g/mol. The molecule has 34 heavy (non-hydrogen) atoms.